The number of rotatable bonds is 6. The van der Waals surface area contributed by atoms with Crippen LogP contribution in [-0.2, 0) is 16.6 Å². The van der Waals surface area contributed by atoms with Crippen molar-refractivity contribution in [3.05, 3.63) is 64.7 Å². The highest BCUT2D eigenvalue weighted by atomic mass is 32.2. The Bertz CT molecular complexity index is 1110. The van der Waals surface area contributed by atoms with Gasteiger partial charge in [0, 0.05) is 44.3 Å². The van der Waals surface area contributed by atoms with Crippen molar-refractivity contribution in [3.63, 3.8) is 0 Å². The molecule has 0 radical (unpaired) electrons. The van der Waals surface area contributed by atoms with E-state index < -0.39 is 10.0 Å². The number of urea groups is 1. The van der Waals surface area contributed by atoms with Gasteiger partial charge >= 0.3 is 6.03 Å². The summed E-state index contributed by atoms with van der Waals surface area (Å²) in [5, 5.41) is 5.53. The highest BCUT2D eigenvalue weighted by Gasteiger charge is 2.30. The van der Waals surface area contributed by atoms with E-state index >= 15 is 0 Å². The van der Waals surface area contributed by atoms with E-state index in [9.17, 15) is 18.0 Å². The molecule has 9 heteroatoms. The van der Waals surface area contributed by atoms with E-state index in [-0.39, 0.29) is 36.0 Å². The first kappa shape index (κ1) is 24.7. The molecule has 0 spiro atoms. The number of amides is 3. The third-order valence-electron chi connectivity index (χ3n) is 5.72. The number of sulfonamides is 1. The van der Waals surface area contributed by atoms with E-state index in [1.807, 2.05) is 45.9 Å². The third-order valence-corrected chi connectivity index (χ3v) is 7.61. The van der Waals surface area contributed by atoms with E-state index in [1.54, 1.807) is 29.2 Å². The van der Waals surface area contributed by atoms with Gasteiger partial charge in [0.25, 0.3) is 5.91 Å². The molecule has 2 aromatic carbocycles. The normalized spacial score (nSPS) is 14.9. The Balaban J connectivity index is 1.56. The van der Waals surface area contributed by atoms with Gasteiger partial charge in [-0.15, -0.1) is 0 Å². The minimum atomic E-state index is -3.59. The number of carbonyl (C=O) groups excluding carboxylic acids is 2. The van der Waals surface area contributed by atoms with Crippen molar-refractivity contribution in [2.45, 2.75) is 45.2 Å². The quantitative estimate of drug-likeness (QED) is 0.675. The van der Waals surface area contributed by atoms with Crippen LogP contribution in [0.15, 0.2) is 47.4 Å². The largest absolute Gasteiger partial charge is 0.336 e. The molecule has 1 fully saturated rings. The monoisotopic (exact) mass is 472 g/mol. The van der Waals surface area contributed by atoms with Crippen LogP contribution in [-0.4, -0.2) is 61.8 Å². The van der Waals surface area contributed by atoms with Crippen LogP contribution in [0, 0.1) is 13.8 Å². The second kappa shape index (κ2) is 10.4. The predicted octanol–water partition coefficient (Wildman–Crippen LogP) is 2.66. The molecule has 1 aliphatic rings. The predicted molar refractivity (Wildman–Crippen MR) is 128 cm³/mol. The summed E-state index contributed by atoms with van der Waals surface area (Å²) in [6, 6.07) is 12.1. The van der Waals surface area contributed by atoms with Crippen molar-refractivity contribution in [1.82, 2.24) is 19.8 Å². The van der Waals surface area contributed by atoms with Crippen molar-refractivity contribution in [2.75, 3.05) is 26.2 Å². The third kappa shape index (κ3) is 6.11. The van der Waals surface area contributed by atoms with Crippen LogP contribution < -0.4 is 10.6 Å². The smallest absolute Gasteiger partial charge is 0.315 e. The Morgan fingerprint density at radius 2 is 1.58 bits per heavy atom. The summed E-state index contributed by atoms with van der Waals surface area (Å²) in [6.07, 6.45) is 0. The fourth-order valence-corrected chi connectivity index (χ4v) is 5.11. The Labute approximate surface area is 196 Å². The van der Waals surface area contributed by atoms with E-state index in [1.165, 1.54) is 4.31 Å². The van der Waals surface area contributed by atoms with Gasteiger partial charge in [0.05, 0.1) is 4.90 Å². The maximum atomic E-state index is 13.0. The average Bonchev–Trinajstić information content (AvgIpc) is 2.79. The maximum absolute atomic E-state index is 13.0. The Kier molecular flexibility index (Phi) is 7.76. The molecule has 0 aromatic heterocycles. The average molecular weight is 473 g/mol. The topological polar surface area (TPSA) is 98.8 Å². The van der Waals surface area contributed by atoms with E-state index in [0.29, 0.717) is 25.2 Å². The van der Waals surface area contributed by atoms with Crippen LogP contribution in [0.1, 0.15) is 40.9 Å². The molecule has 0 aliphatic carbocycles. The van der Waals surface area contributed by atoms with Crippen LogP contribution in [0.3, 0.4) is 0 Å². The summed E-state index contributed by atoms with van der Waals surface area (Å²) in [5.41, 5.74) is 3.40. The summed E-state index contributed by atoms with van der Waals surface area (Å²) in [7, 11) is -3.59. The van der Waals surface area contributed by atoms with Crippen molar-refractivity contribution >= 4 is 22.0 Å². The molecule has 33 heavy (non-hydrogen) atoms. The fraction of sp³-hybridized carbons (Fsp3) is 0.417. The number of nitrogens with one attached hydrogen (secondary N) is 2. The minimum Gasteiger partial charge on any atom is -0.336 e. The Morgan fingerprint density at radius 3 is 2.15 bits per heavy atom. The lowest BCUT2D eigenvalue weighted by molar-refractivity contribution is 0.0698. The molecule has 0 unspecified atom stereocenters. The van der Waals surface area contributed by atoms with Crippen LogP contribution >= 0.6 is 0 Å². The van der Waals surface area contributed by atoms with Crippen LogP contribution in [0.4, 0.5) is 4.79 Å². The first-order valence-electron chi connectivity index (χ1n) is 11.1. The first-order valence-corrected chi connectivity index (χ1v) is 12.5. The lowest BCUT2D eigenvalue weighted by Gasteiger charge is -2.34. The number of aryl methyl sites for hydroxylation is 2. The van der Waals surface area contributed by atoms with E-state index in [0.717, 1.165) is 16.7 Å². The highest BCUT2D eigenvalue weighted by molar-refractivity contribution is 7.89. The fourth-order valence-electron chi connectivity index (χ4n) is 3.60. The SMILES string of the molecule is Cc1ccc(S(=O)(=O)N2CCN(C(=O)c3ccc(CNC(=O)NC(C)C)cc3)CC2)cc1C. The van der Waals surface area contributed by atoms with Crippen molar-refractivity contribution in [3.8, 4) is 0 Å². The van der Waals surface area contributed by atoms with Gasteiger partial charge in [-0.05, 0) is 68.7 Å². The molecule has 0 atom stereocenters. The summed E-state index contributed by atoms with van der Waals surface area (Å²) in [6.45, 7) is 9.17. The van der Waals surface area contributed by atoms with Crippen molar-refractivity contribution < 1.29 is 18.0 Å². The van der Waals surface area contributed by atoms with Crippen LogP contribution in [0.2, 0.25) is 0 Å². The summed E-state index contributed by atoms with van der Waals surface area (Å²) in [4.78, 5) is 26.5. The number of benzene rings is 2. The van der Waals surface area contributed by atoms with Gasteiger partial charge in [-0.3, -0.25) is 4.79 Å². The van der Waals surface area contributed by atoms with Crippen molar-refractivity contribution in [1.29, 1.82) is 0 Å². The second-order valence-electron chi connectivity index (χ2n) is 8.62. The number of hydrogen-bond donors (Lipinski definition) is 2. The van der Waals surface area contributed by atoms with Gasteiger partial charge < -0.3 is 15.5 Å². The molecule has 1 aliphatic heterocycles. The zero-order valence-electron chi connectivity index (χ0n) is 19.6. The number of piperazine rings is 1. The molecule has 3 rings (SSSR count). The molecule has 2 aromatic rings. The summed E-state index contributed by atoms with van der Waals surface area (Å²) < 4.78 is 27.4. The van der Waals surface area contributed by atoms with Gasteiger partial charge in [-0.25, -0.2) is 13.2 Å². The molecular weight excluding hydrogens is 440 g/mol. The highest BCUT2D eigenvalue weighted by Crippen LogP contribution is 2.21. The zero-order valence-corrected chi connectivity index (χ0v) is 20.4. The molecule has 8 nitrogen and oxygen atoms in total. The van der Waals surface area contributed by atoms with Gasteiger partial charge in [-0.2, -0.15) is 4.31 Å². The van der Waals surface area contributed by atoms with Crippen LogP contribution in [0.5, 0.6) is 0 Å². The molecule has 178 valence electrons. The molecule has 1 saturated heterocycles. The summed E-state index contributed by atoms with van der Waals surface area (Å²) >= 11 is 0. The lowest BCUT2D eigenvalue weighted by Crippen LogP contribution is -2.50. The lowest BCUT2D eigenvalue weighted by atomic mass is 10.1. The van der Waals surface area contributed by atoms with Gasteiger partial charge in [0.1, 0.15) is 0 Å². The van der Waals surface area contributed by atoms with Gasteiger partial charge in [0.15, 0.2) is 0 Å². The first-order chi connectivity index (χ1) is 15.6. The Hall–Kier alpha value is -2.91. The molecule has 0 bridgehead atoms. The van der Waals surface area contributed by atoms with Crippen molar-refractivity contribution in [2.24, 2.45) is 0 Å². The zero-order chi connectivity index (χ0) is 24.2. The molecule has 2 N–H and O–H groups in total. The minimum absolute atomic E-state index is 0.0569. The van der Waals surface area contributed by atoms with Crippen LogP contribution in [0.25, 0.3) is 0 Å². The molecular formula is C24H32N4O4S. The van der Waals surface area contributed by atoms with E-state index in [2.05, 4.69) is 10.6 Å². The van der Waals surface area contributed by atoms with E-state index in [4.69, 9.17) is 0 Å². The standard InChI is InChI=1S/C24H32N4O4S/c1-17(2)26-24(30)25-16-20-6-8-21(9-7-20)23(29)27-11-13-28(14-12-27)33(31,32)22-10-5-18(3)19(4)15-22/h5-10,15,17H,11-14,16H2,1-4H3,(H2,25,26,30). The van der Waals surface area contributed by atoms with Gasteiger partial charge in [0.2, 0.25) is 10.0 Å². The maximum Gasteiger partial charge on any atom is 0.315 e. The van der Waals surface area contributed by atoms with Gasteiger partial charge in [-0.1, -0.05) is 18.2 Å². The second-order valence-corrected chi connectivity index (χ2v) is 10.6. The molecule has 1 heterocycles. The number of nitrogens with zero attached hydrogens (tertiary/aromatic N) is 2. The molecule has 0 saturated carbocycles. The number of carbonyl (C=O) groups is 2. The summed E-state index contributed by atoms with van der Waals surface area (Å²) in [5.74, 6) is -0.129. The number of hydrogen-bond acceptors (Lipinski definition) is 4. The molecule has 3 amide bonds. The Morgan fingerprint density at radius 1 is 0.939 bits per heavy atom.